The number of carbonyl (C=O) groups excluding carboxylic acids is 1. The van der Waals surface area contributed by atoms with Gasteiger partial charge in [-0.1, -0.05) is 60.7 Å². The van der Waals surface area contributed by atoms with E-state index in [1.165, 1.54) is 6.08 Å². The summed E-state index contributed by atoms with van der Waals surface area (Å²) in [5, 5.41) is 6.24. The molecule has 0 fully saturated rings. The molecule has 5 rings (SSSR count). The van der Waals surface area contributed by atoms with E-state index in [0.717, 1.165) is 22.2 Å². The largest absolute Gasteiger partial charge is 0.348 e. The van der Waals surface area contributed by atoms with Gasteiger partial charge in [0.15, 0.2) is 0 Å². The number of benzene rings is 3. The Morgan fingerprint density at radius 2 is 1.71 bits per heavy atom. The van der Waals surface area contributed by atoms with E-state index in [9.17, 15) is 4.79 Å². The highest BCUT2D eigenvalue weighted by Crippen LogP contribution is 2.22. The van der Waals surface area contributed by atoms with E-state index in [0.29, 0.717) is 17.5 Å². The Bertz CT molecular complexity index is 1480. The topological polar surface area (TPSA) is 84.7 Å². The smallest absolute Gasteiger partial charge is 0.248 e. The van der Waals surface area contributed by atoms with Gasteiger partial charge in [-0.3, -0.25) is 9.36 Å². The molecular weight excluding hydrogens is 436 g/mol. The van der Waals surface area contributed by atoms with Crippen molar-refractivity contribution in [2.24, 2.45) is 0 Å². The monoisotopic (exact) mass is 460 g/mol. The first-order valence-corrected chi connectivity index (χ1v) is 11.3. The molecule has 0 saturated heterocycles. The fourth-order valence-corrected chi connectivity index (χ4v) is 3.76. The van der Waals surface area contributed by atoms with Gasteiger partial charge in [-0.15, -0.1) is 0 Å². The number of nitrogens with zero attached hydrogens (tertiary/aromatic N) is 4. The molecule has 5 aromatic rings. The van der Waals surface area contributed by atoms with Crippen LogP contribution in [0.5, 0.6) is 0 Å². The predicted molar refractivity (Wildman–Crippen MR) is 139 cm³/mol. The quantitative estimate of drug-likeness (QED) is 0.307. The second-order valence-electron chi connectivity index (χ2n) is 8.07. The van der Waals surface area contributed by atoms with Crippen LogP contribution in [0.4, 0.5) is 11.6 Å². The van der Waals surface area contributed by atoms with E-state index >= 15 is 0 Å². The summed E-state index contributed by atoms with van der Waals surface area (Å²) in [6.45, 7) is 2.07. The zero-order valence-corrected chi connectivity index (χ0v) is 19.2. The Morgan fingerprint density at radius 3 is 2.51 bits per heavy atom. The molecule has 2 aromatic heterocycles. The fraction of sp³-hybridized carbons (Fsp3) is 0.0714. The zero-order chi connectivity index (χ0) is 24.0. The van der Waals surface area contributed by atoms with Crippen LogP contribution in [0.25, 0.3) is 22.9 Å². The Hall–Kier alpha value is -4.78. The SMILES string of the molecule is CC(Nc1nccc(-n2cnc3cc(NC(=O)/C=C/c4ccccc4)ccc32)n1)c1ccccc1. The number of hydrogen-bond donors (Lipinski definition) is 2. The molecule has 2 heterocycles. The van der Waals surface area contributed by atoms with Crippen LogP contribution in [0.2, 0.25) is 0 Å². The molecule has 2 N–H and O–H groups in total. The molecule has 172 valence electrons. The average Bonchev–Trinajstić information content (AvgIpc) is 3.32. The molecule has 1 atom stereocenters. The Kier molecular flexibility index (Phi) is 6.30. The number of carbonyl (C=O) groups is 1. The second kappa shape index (κ2) is 10.0. The summed E-state index contributed by atoms with van der Waals surface area (Å²) in [6, 6.07) is 27.4. The number of rotatable bonds is 7. The van der Waals surface area contributed by atoms with Gasteiger partial charge in [0.05, 0.1) is 17.1 Å². The van der Waals surface area contributed by atoms with Gasteiger partial charge in [0.2, 0.25) is 11.9 Å². The van der Waals surface area contributed by atoms with Gasteiger partial charge in [0, 0.05) is 18.0 Å². The van der Waals surface area contributed by atoms with Crippen molar-refractivity contribution in [3.8, 4) is 5.82 Å². The lowest BCUT2D eigenvalue weighted by Gasteiger charge is -2.14. The number of imidazole rings is 1. The predicted octanol–water partition coefficient (Wildman–Crippen LogP) is 5.64. The van der Waals surface area contributed by atoms with Gasteiger partial charge < -0.3 is 10.6 Å². The van der Waals surface area contributed by atoms with Crippen molar-refractivity contribution >= 4 is 34.7 Å². The summed E-state index contributed by atoms with van der Waals surface area (Å²) in [5.74, 6) is 1.04. The molecule has 1 amide bonds. The molecule has 0 aliphatic carbocycles. The third-order valence-corrected chi connectivity index (χ3v) is 5.57. The maximum absolute atomic E-state index is 12.3. The summed E-state index contributed by atoms with van der Waals surface area (Å²) >= 11 is 0. The van der Waals surface area contributed by atoms with E-state index in [2.05, 4.69) is 44.6 Å². The Balaban J connectivity index is 1.32. The lowest BCUT2D eigenvalue weighted by molar-refractivity contribution is -0.111. The van der Waals surface area contributed by atoms with E-state index in [4.69, 9.17) is 0 Å². The van der Waals surface area contributed by atoms with Crippen molar-refractivity contribution in [3.05, 3.63) is 115 Å². The maximum Gasteiger partial charge on any atom is 0.248 e. The van der Waals surface area contributed by atoms with Crippen molar-refractivity contribution < 1.29 is 4.79 Å². The first kappa shape index (κ1) is 22.0. The van der Waals surface area contributed by atoms with Crippen LogP contribution in [0.15, 0.2) is 104 Å². The van der Waals surface area contributed by atoms with Crippen LogP contribution < -0.4 is 10.6 Å². The Labute approximate surface area is 203 Å². The van der Waals surface area contributed by atoms with Crippen molar-refractivity contribution in [2.45, 2.75) is 13.0 Å². The number of nitrogens with one attached hydrogen (secondary N) is 2. The third kappa shape index (κ3) is 5.25. The van der Waals surface area contributed by atoms with Gasteiger partial charge in [-0.05, 0) is 48.4 Å². The van der Waals surface area contributed by atoms with E-state index in [1.807, 2.05) is 77.4 Å². The van der Waals surface area contributed by atoms with Crippen LogP contribution >= 0.6 is 0 Å². The standard InChI is InChI=1S/C28H24N6O/c1-20(22-10-6-3-7-11-22)31-28-29-17-16-26(33-28)34-19-30-24-18-23(13-14-25(24)34)32-27(35)15-12-21-8-4-2-5-9-21/h2-20H,1H3,(H,32,35)(H,29,31,33)/b15-12+. The molecule has 7 heteroatoms. The van der Waals surface area contributed by atoms with Crippen LogP contribution in [0.3, 0.4) is 0 Å². The van der Waals surface area contributed by atoms with Crippen molar-refractivity contribution in [3.63, 3.8) is 0 Å². The van der Waals surface area contributed by atoms with Gasteiger partial charge >= 0.3 is 0 Å². The zero-order valence-electron chi connectivity index (χ0n) is 19.2. The molecule has 7 nitrogen and oxygen atoms in total. The minimum atomic E-state index is -0.202. The van der Waals surface area contributed by atoms with Crippen LogP contribution in [0, 0.1) is 0 Å². The van der Waals surface area contributed by atoms with Crippen LogP contribution in [-0.4, -0.2) is 25.4 Å². The molecule has 1 unspecified atom stereocenters. The summed E-state index contributed by atoms with van der Waals surface area (Å²) in [5.41, 5.74) is 4.42. The molecule has 0 spiro atoms. The molecular formula is C28H24N6O. The molecule has 0 aliphatic rings. The summed E-state index contributed by atoms with van der Waals surface area (Å²) in [6.07, 6.45) is 6.74. The lowest BCUT2D eigenvalue weighted by Crippen LogP contribution is -2.10. The maximum atomic E-state index is 12.3. The van der Waals surface area contributed by atoms with Gasteiger partial charge in [0.25, 0.3) is 0 Å². The van der Waals surface area contributed by atoms with Crippen LogP contribution in [0.1, 0.15) is 24.1 Å². The highest BCUT2D eigenvalue weighted by atomic mass is 16.1. The first-order chi connectivity index (χ1) is 17.2. The second-order valence-corrected chi connectivity index (χ2v) is 8.07. The van der Waals surface area contributed by atoms with Crippen LogP contribution in [-0.2, 0) is 4.79 Å². The average molecular weight is 461 g/mol. The molecule has 0 saturated carbocycles. The molecule has 0 bridgehead atoms. The number of hydrogen-bond acceptors (Lipinski definition) is 5. The van der Waals surface area contributed by atoms with Crippen molar-refractivity contribution in [2.75, 3.05) is 10.6 Å². The molecule has 3 aromatic carbocycles. The fourth-order valence-electron chi connectivity index (χ4n) is 3.76. The number of amides is 1. The number of fused-ring (bicyclic) bond motifs is 1. The lowest BCUT2D eigenvalue weighted by atomic mass is 10.1. The third-order valence-electron chi connectivity index (χ3n) is 5.57. The summed E-state index contributed by atoms with van der Waals surface area (Å²) in [4.78, 5) is 25.9. The Morgan fingerprint density at radius 1 is 0.943 bits per heavy atom. The number of anilines is 2. The highest BCUT2D eigenvalue weighted by Gasteiger charge is 2.11. The summed E-state index contributed by atoms with van der Waals surface area (Å²) in [7, 11) is 0. The first-order valence-electron chi connectivity index (χ1n) is 11.3. The van der Waals surface area contributed by atoms with E-state index in [-0.39, 0.29) is 11.9 Å². The molecule has 0 aliphatic heterocycles. The van der Waals surface area contributed by atoms with E-state index < -0.39 is 0 Å². The van der Waals surface area contributed by atoms with Gasteiger partial charge in [-0.2, -0.15) is 4.98 Å². The minimum absolute atomic E-state index is 0.0630. The number of aromatic nitrogens is 4. The van der Waals surface area contributed by atoms with Gasteiger partial charge in [0.1, 0.15) is 12.1 Å². The highest BCUT2D eigenvalue weighted by molar-refractivity contribution is 6.02. The minimum Gasteiger partial charge on any atom is -0.348 e. The molecule has 35 heavy (non-hydrogen) atoms. The summed E-state index contributed by atoms with van der Waals surface area (Å²) < 4.78 is 1.90. The van der Waals surface area contributed by atoms with Gasteiger partial charge in [-0.25, -0.2) is 9.97 Å². The van der Waals surface area contributed by atoms with E-state index in [1.54, 1.807) is 18.6 Å². The van der Waals surface area contributed by atoms with Crippen molar-refractivity contribution in [1.29, 1.82) is 0 Å². The van der Waals surface area contributed by atoms with Crippen molar-refractivity contribution in [1.82, 2.24) is 19.5 Å². The molecule has 0 radical (unpaired) electrons. The normalized spacial score (nSPS) is 12.0.